The van der Waals surface area contributed by atoms with Crippen molar-refractivity contribution in [3.05, 3.63) is 71.1 Å². The zero-order valence-electron chi connectivity index (χ0n) is 11.9. The van der Waals surface area contributed by atoms with Gasteiger partial charge in [0.1, 0.15) is 5.82 Å². The molecule has 2 rings (SSSR count). The maximum absolute atomic E-state index is 14.0. The van der Waals surface area contributed by atoms with Crippen LogP contribution in [0, 0.1) is 5.82 Å². The van der Waals surface area contributed by atoms with E-state index in [4.69, 9.17) is 0 Å². The molecule has 0 bridgehead atoms. The van der Waals surface area contributed by atoms with Gasteiger partial charge in [0.05, 0.1) is 0 Å². The Morgan fingerprint density at radius 2 is 2.05 bits per heavy atom. The fourth-order valence-corrected chi connectivity index (χ4v) is 2.68. The second kappa shape index (κ2) is 8.11. The van der Waals surface area contributed by atoms with Gasteiger partial charge in [0.2, 0.25) is 0 Å². The Bertz CT molecular complexity index is 526. The van der Waals surface area contributed by atoms with E-state index < -0.39 is 0 Å². The summed E-state index contributed by atoms with van der Waals surface area (Å²) in [6, 6.07) is 5.71. The van der Waals surface area contributed by atoms with Crippen molar-refractivity contribution in [1.29, 1.82) is 0 Å². The topological polar surface area (TPSA) is 0 Å². The van der Waals surface area contributed by atoms with E-state index in [-0.39, 0.29) is 5.82 Å². The maximum Gasteiger partial charge on any atom is 0.126 e. The summed E-state index contributed by atoms with van der Waals surface area (Å²) in [7, 11) is 0. The van der Waals surface area contributed by atoms with Gasteiger partial charge in [-0.15, -0.1) is 0 Å². The van der Waals surface area contributed by atoms with Crippen molar-refractivity contribution in [3.8, 4) is 0 Å². The number of hydrogen-bond acceptors (Lipinski definition) is 1. The van der Waals surface area contributed by atoms with Gasteiger partial charge in [-0.2, -0.15) is 11.8 Å². The van der Waals surface area contributed by atoms with E-state index in [1.165, 1.54) is 5.57 Å². The van der Waals surface area contributed by atoms with Crippen molar-refractivity contribution in [2.24, 2.45) is 0 Å². The highest BCUT2D eigenvalue weighted by atomic mass is 32.2. The van der Waals surface area contributed by atoms with Gasteiger partial charge in [-0.05, 0) is 54.9 Å². The molecule has 0 radical (unpaired) electrons. The summed E-state index contributed by atoms with van der Waals surface area (Å²) in [6.45, 7) is 0. The van der Waals surface area contributed by atoms with Crippen LogP contribution in [0.15, 0.2) is 54.2 Å². The molecule has 1 aliphatic carbocycles. The van der Waals surface area contributed by atoms with E-state index >= 15 is 0 Å². The Kier molecular flexibility index (Phi) is 6.13. The predicted octanol–water partition coefficient (Wildman–Crippen LogP) is 5.11. The van der Waals surface area contributed by atoms with Crippen LogP contribution < -0.4 is 0 Å². The largest absolute Gasteiger partial charge is 0.207 e. The lowest BCUT2D eigenvalue weighted by molar-refractivity contribution is 0.610. The Labute approximate surface area is 125 Å². The molecule has 106 valence electrons. The first-order valence-corrected chi connectivity index (χ1v) is 8.47. The molecule has 0 spiro atoms. The Morgan fingerprint density at radius 3 is 2.85 bits per heavy atom. The second-order valence-corrected chi connectivity index (χ2v) is 5.96. The van der Waals surface area contributed by atoms with E-state index in [1.54, 1.807) is 17.8 Å². The first-order chi connectivity index (χ1) is 9.79. The number of allylic oxidation sites excluding steroid dienone is 6. The smallest absolute Gasteiger partial charge is 0.126 e. The van der Waals surface area contributed by atoms with E-state index in [1.807, 2.05) is 6.07 Å². The Hall–Kier alpha value is -1.28. The van der Waals surface area contributed by atoms with Gasteiger partial charge in [-0.3, -0.25) is 0 Å². The monoisotopic (exact) mass is 288 g/mol. The molecule has 1 aromatic rings. The third-order valence-corrected chi connectivity index (χ3v) is 4.08. The molecule has 1 aliphatic rings. The van der Waals surface area contributed by atoms with Crippen LogP contribution in [0.2, 0.25) is 0 Å². The summed E-state index contributed by atoms with van der Waals surface area (Å²) in [5, 5.41) is 0. The molecule has 1 aromatic carbocycles. The van der Waals surface area contributed by atoms with Crippen LogP contribution in [0.5, 0.6) is 0 Å². The third-order valence-electron chi connectivity index (χ3n) is 3.47. The summed E-state index contributed by atoms with van der Waals surface area (Å²) < 4.78 is 14.0. The summed E-state index contributed by atoms with van der Waals surface area (Å²) >= 11 is 1.75. The van der Waals surface area contributed by atoms with Crippen LogP contribution in [0.3, 0.4) is 0 Å². The zero-order chi connectivity index (χ0) is 14.2. The van der Waals surface area contributed by atoms with Gasteiger partial charge in [-0.25, -0.2) is 4.39 Å². The van der Waals surface area contributed by atoms with E-state index in [0.29, 0.717) is 0 Å². The van der Waals surface area contributed by atoms with Crippen LogP contribution in [0.4, 0.5) is 4.39 Å². The van der Waals surface area contributed by atoms with Crippen molar-refractivity contribution >= 4 is 11.8 Å². The molecule has 0 atom stereocenters. The first kappa shape index (κ1) is 15.1. The van der Waals surface area contributed by atoms with Crippen LogP contribution in [-0.4, -0.2) is 12.0 Å². The van der Waals surface area contributed by atoms with Crippen LogP contribution >= 0.6 is 11.8 Å². The van der Waals surface area contributed by atoms with Gasteiger partial charge in [0.15, 0.2) is 0 Å². The molecule has 0 aliphatic heterocycles. The minimum atomic E-state index is -0.0522. The highest BCUT2D eigenvalue weighted by Crippen LogP contribution is 2.17. The quantitative estimate of drug-likeness (QED) is 0.701. The number of hydrogen-bond donors (Lipinski definition) is 0. The molecule has 0 fully saturated rings. The lowest BCUT2D eigenvalue weighted by atomic mass is 10.0. The SMILES string of the molecule is CSCCc1ccc(CCC2=CCC=CC=C2)cc1F. The molecule has 20 heavy (non-hydrogen) atoms. The van der Waals surface area contributed by atoms with Gasteiger partial charge in [-0.1, -0.05) is 48.1 Å². The fraction of sp³-hybridized carbons (Fsp3) is 0.333. The lowest BCUT2D eigenvalue weighted by Gasteiger charge is -2.06. The van der Waals surface area contributed by atoms with Crippen molar-refractivity contribution in [2.45, 2.75) is 25.7 Å². The molecular weight excluding hydrogens is 267 g/mol. The average Bonchev–Trinajstić information content (AvgIpc) is 2.73. The highest BCUT2D eigenvalue weighted by molar-refractivity contribution is 7.98. The minimum Gasteiger partial charge on any atom is -0.207 e. The molecule has 0 N–H and O–H groups in total. The normalized spacial score (nSPS) is 14.2. The molecular formula is C18H21FS. The summed E-state index contributed by atoms with van der Waals surface area (Å²) in [6.07, 6.45) is 16.4. The summed E-state index contributed by atoms with van der Waals surface area (Å²) in [5.41, 5.74) is 3.25. The number of aryl methyl sites for hydroxylation is 2. The van der Waals surface area contributed by atoms with Gasteiger partial charge in [0, 0.05) is 0 Å². The van der Waals surface area contributed by atoms with Crippen LogP contribution in [-0.2, 0) is 12.8 Å². The van der Waals surface area contributed by atoms with Crippen molar-refractivity contribution < 1.29 is 4.39 Å². The predicted molar refractivity (Wildman–Crippen MR) is 87.8 cm³/mol. The number of thioether (sulfide) groups is 1. The first-order valence-electron chi connectivity index (χ1n) is 7.08. The molecule has 0 unspecified atom stereocenters. The molecule has 0 nitrogen and oxygen atoms in total. The molecule has 2 heteroatoms. The Balaban J connectivity index is 1.93. The Morgan fingerprint density at radius 1 is 1.15 bits per heavy atom. The second-order valence-electron chi connectivity index (χ2n) is 4.97. The number of rotatable bonds is 6. The van der Waals surface area contributed by atoms with E-state index in [0.717, 1.165) is 42.6 Å². The standard InChI is InChI=1S/C18H21FS/c1-20-13-12-17-11-10-16(14-18(17)19)9-8-15-6-4-2-3-5-7-15/h2-4,6-7,10-11,14H,5,8-9,12-13H2,1H3. The third kappa shape index (κ3) is 4.68. The van der Waals surface area contributed by atoms with Crippen molar-refractivity contribution in [3.63, 3.8) is 0 Å². The average molecular weight is 288 g/mol. The number of benzene rings is 1. The minimum absolute atomic E-state index is 0.0522. The highest BCUT2D eigenvalue weighted by Gasteiger charge is 2.04. The molecule has 0 aromatic heterocycles. The molecule has 0 heterocycles. The maximum atomic E-state index is 14.0. The summed E-state index contributed by atoms with van der Waals surface area (Å²) in [4.78, 5) is 0. The molecule has 0 saturated carbocycles. The van der Waals surface area contributed by atoms with Gasteiger partial charge in [0.25, 0.3) is 0 Å². The van der Waals surface area contributed by atoms with Crippen LogP contribution in [0.1, 0.15) is 24.0 Å². The van der Waals surface area contributed by atoms with Crippen LogP contribution in [0.25, 0.3) is 0 Å². The molecule has 0 saturated heterocycles. The lowest BCUT2D eigenvalue weighted by Crippen LogP contribution is -1.96. The van der Waals surface area contributed by atoms with Crippen molar-refractivity contribution in [1.82, 2.24) is 0 Å². The van der Waals surface area contributed by atoms with E-state index in [9.17, 15) is 4.39 Å². The van der Waals surface area contributed by atoms with Crippen molar-refractivity contribution in [2.75, 3.05) is 12.0 Å². The van der Waals surface area contributed by atoms with Gasteiger partial charge < -0.3 is 0 Å². The zero-order valence-corrected chi connectivity index (χ0v) is 12.8. The summed E-state index contributed by atoms with van der Waals surface area (Å²) in [5.74, 6) is 0.921. The van der Waals surface area contributed by atoms with E-state index in [2.05, 4.69) is 42.7 Å². The molecule has 0 amide bonds. The number of halogens is 1. The fourth-order valence-electron chi connectivity index (χ4n) is 2.26. The van der Waals surface area contributed by atoms with Gasteiger partial charge >= 0.3 is 0 Å².